The summed E-state index contributed by atoms with van der Waals surface area (Å²) < 4.78 is 5.28. The van der Waals surface area contributed by atoms with Gasteiger partial charge in [-0.3, -0.25) is 9.59 Å². The molecule has 0 aromatic heterocycles. The summed E-state index contributed by atoms with van der Waals surface area (Å²) in [7, 11) is 1.49. The lowest BCUT2D eigenvalue weighted by molar-refractivity contribution is -0.119. The van der Waals surface area contributed by atoms with E-state index in [1.807, 2.05) is 13.0 Å². The van der Waals surface area contributed by atoms with Crippen molar-refractivity contribution in [3.63, 3.8) is 0 Å². The molecule has 2 aromatic rings. The molecule has 0 spiro atoms. The normalized spacial score (nSPS) is 16.3. The third-order valence-corrected chi connectivity index (χ3v) is 5.14. The second-order valence-corrected chi connectivity index (χ2v) is 7.32. The molecule has 2 amide bonds. The second-order valence-electron chi connectivity index (χ2n) is 6.47. The average Bonchev–Trinajstić information content (AvgIpc) is 3.13. The van der Waals surface area contributed by atoms with E-state index in [0.29, 0.717) is 40.0 Å². The molecule has 5 nitrogen and oxygen atoms in total. The van der Waals surface area contributed by atoms with E-state index >= 15 is 0 Å². The Bertz CT molecular complexity index is 886. The highest BCUT2D eigenvalue weighted by molar-refractivity contribution is 6.33. The van der Waals surface area contributed by atoms with Crippen molar-refractivity contribution in [3.8, 4) is 5.75 Å². The Morgan fingerprint density at radius 3 is 2.67 bits per heavy atom. The Hall–Kier alpha value is -2.24. The highest BCUT2D eigenvalue weighted by Crippen LogP contribution is 2.29. The lowest BCUT2D eigenvalue weighted by Crippen LogP contribution is -2.43. The van der Waals surface area contributed by atoms with Gasteiger partial charge in [0.2, 0.25) is 5.91 Å². The third kappa shape index (κ3) is 4.20. The van der Waals surface area contributed by atoms with E-state index in [-0.39, 0.29) is 11.8 Å². The molecule has 0 aliphatic carbocycles. The number of nitrogens with one attached hydrogen (secondary N) is 1. The first-order chi connectivity index (χ1) is 12.9. The lowest BCUT2D eigenvalue weighted by atomic mass is 10.1. The van der Waals surface area contributed by atoms with E-state index in [4.69, 9.17) is 27.9 Å². The molecule has 142 valence electrons. The molecule has 1 atom stereocenters. The molecular weight excluding hydrogens is 387 g/mol. The zero-order valence-electron chi connectivity index (χ0n) is 15.1. The van der Waals surface area contributed by atoms with Crippen LogP contribution >= 0.6 is 23.2 Å². The summed E-state index contributed by atoms with van der Waals surface area (Å²) in [5.41, 5.74) is 1.88. The van der Waals surface area contributed by atoms with E-state index in [1.165, 1.54) is 7.11 Å². The maximum Gasteiger partial charge on any atom is 0.258 e. The van der Waals surface area contributed by atoms with Gasteiger partial charge in [-0.15, -0.1) is 0 Å². The quantitative estimate of drug-likeness (QED) is 0.809. The van der Waals surface area contributed by atoms with Crippen LogP contribution in [0, 0.1) is 6.92 Å². The van der Waals surface area contributed by atoms with Crippen LogP contribution in [-0.2, 0) is 4.79 Å². The van der Waals surface area contributed by atoms with Crippen molar-refractivity contribution in [1.29, 1.82) is 0 Å². The number of ether oxygens (including phenoxy) is 1. The molecule has 1 N–H and O–H groups in total. The molecule has 1 aliphatic heterocycles. The number of carbonyl (C=O) groups excluding carboxylic acids is 2. The predicted molar refractivity (Wildman–Crippen MR) is 107 cm³/mol. The number of hydrogen-bond acceptors (Lipinski definition) is 3. The standard InChI is InChI=1S/C20H20Cl2N2O3/c1-12-5-7-16(15(22)10-12)23-19(25)17-4-3-9-24(17)20(26)14-11-13(21)6-8-18(14)27-2/h5-8,10-11,17H,3-4,9H2,1-2H3,(H,23,25). The first kappa shape index (κ1) is 19.5. The van der Waals surface area contributed by atoms with Crippen LogP contribution in [0.2, 0.25) is 10.0 Å². The number of nitrogens with zero attached hydrogens (tertiary/aromatic N) is 1. The van der Waals surface area contributed by atoms with Gasteiger partial charge < -0.3 is 15.0 Å². The molecule has 1 fully saturated rings. The predicted octanol–water partition coefficient (Wildman–Crippen LogP) is 4.55. The SMILES string of the molecule is COc1ccc(Cl)cc1C(=O)N1CCCC1C(=O)Nc1ccc(C)cc1Cl. The van der Waals surface area contributed by atoms with E-state index < -0.39 is 6.04 Å². The summed E-state index contributed by atoms with van der Waals surface area (Å²) in [6.07, 6.45) is 1.33. The molecule has 1 aliphatic rings. The monoisotopic (exact) mass is 406 g/mol. The molecule has 0 radical (unpaired) electrons. The fourth-order valence-corrected chi connectivity index (χ4v) is 3.68. The maximum atomic E-state index is 13.0. The smallest absolute Gasteiger partial charge is 0.258 e. The topological polar surface area (TPSA) is 58.6 Å². The van der Waals surface area contributed by atoms with Crippen LogP contribution in [0.25, 0.3) is 0 Å². The van der Waals surface area contributed by atoms with Crippen molar-refractivity contribution < 1.29 is 14.3 Å². The van der Waals surface area contributed by atoms with Crippen LogP contribution in [0.4, 0.5) is 5.69 Å². The van der Waals surface area contributed by atoms with Gasteiger partial charge in [-0.1, -0.05) is 29.3 Å². The van der Waals surface area contributed by atoms with E-state index in [0.717, 1.165) is 12.0 Å². The second kappa shape index (κ2) is 8.19. The van der Waals surface area contributed by atoms with Crippen molar-refractivity contribution in [1.82, 2.24) is 4.90 Å². The highest BCUT2D eigenvalue weighted by Gasteiger charge is 2.35. The first-order valence-corrected chi connectivity index (χ1v) is 9.38. The summed E-state index contributed by atoms with van der Waals surface area (Å²) in [4.78, 5) is 27.4. The number of carbonyl (C=O) groups is 2. The van der Waals surface area contributed by atoms with Crippen molar-refractivity contribution in [2.24, 2.45) is 0 Å². The summed E-state index contributed by atoms with van der Waals surface area (Å²) >= 11 is 12.2. The van der Waals surface area contributed by atoms with Crippen LogP contribution in [0.1, 0.15) is 28.8 Å². The van der Waals surface area contributed by atoms with Crippen molar-refractivity contribution in [2.75, 3.05) is 19.0 Å². The number of halogens is 2. The zero-order chi connectivity index (χ0) is 19.6. The van der Waals surface area contributed by atoms with Crippen LogP contribution in [0.15, 0.2) is 36.4 Å². The summed E-state index contributed by atoms with van der Waals surface area (Å²) in [6, 6.07) is 9.71. The molecule has 1 unspecified atom stereocenters. The van der Waals surface area contributed by atoms with Crippen LogP contribution < -0.4 is 10.1 Å². The number of aryl methyl sites for hydroxylation is 1. The zero-order valence-corrected chi connectivity index (χ0v) is 16.6. The lowest BCUT2D eigenvalue weighted by Gasteiger charge is -2.25. The van der Waals surface area contributed by atoms with Gasteiger partial charge in [0.15, 0.2) is 0 Å². The highest BCUT2D eigenvalue weighted by atomic mass is 35.5. The van der Waals surface area contributed by atoms with Gasteiger partial charge in [0, 0.05) is 11.6 Å². The van der Waals surface area contributed by atoms with Gasteiger partial charge in [-0.05, 0) is 55.7 Å². The molecule has 3 rings (SSSR count). The largest absolute Gasteiger partial charge is 0.496 e. The summed E-state index contributed by atoms with van der Waals surface area (Å²) in [6.45, 7) is 2.42. The Morgan fingerprint density at radius 1 is 1.19 bits per heavy atom. The molecular formula is C20H20Cl2N2O3. The number of benzene rings is 2. The average molecular weight is 407 g/mol. The fraction of sp³-hybridized carbons (Fsp3) is 0.300. The van der Waals surface area contributed by atoms with E-state index in [2.05, 4.69) is 5.32 Å². The van der Waals surface area contributed by atoms with Crippen LogP contribution in [-0.4, -0.2) is 36.4 Å². The number of amides is 2. The summed E-state index contributed by atoms with van der Waals surface area (Å²) in [5, 5.41) is 3.74. The number of anilines is 1. The number of rotatable bonds is 4. The molecule has 1 saturated heterocycles. The van der Waals surface area contributed by atoms with Crippen molar-refractivity contribution in [2.45, 2.75) is 25.8 Å². The van der Waals surface area contributed by atoms with Gasteiger partial charge in [-0.25, -0.2) is 0 Å². The van der Waals surface area contributed by atoms with E-state index in [9.17, 15) is 9.59 Å². The van der Waals surface area contributed by atoms with Crippen LogP contribution in [0.5, 0.6) is 5.75 Å². The Balaban J connectivity index is 1.81. The van der Waals surface area contributed by atoms with E-state index in [1.54, 1.807) is 35.2 Å². The number of likely N-dealkylation sites (tertiary alicyclic amines) is 1. The summed E-state index contributed by atoms with van der Waals surface area (Å²) in [5.74, 6) is -0.105. The molecule has 0 saturated carbocycles. The van der Waals surface area contributed by atoms with Crippen molar-refractivity contribution >= 4 is 40.7 Å². The number of methoxy groups -OCH3 is 1. The number of hydrogen-bond donors (Lipinski definition) is 1. The van der Waals surface area contributed by atoms with Gasteiger partial charge >= 0.3 is 0 Å². The Labute approximate surface area is 168 Å². The van der Waals surface area contributed by atoms with Crippen molar-refractivity contribution in [3.05, 3.63) is 57.6 Å². The van der Waals surface area contributed by atoms with Crippen LogP contribution in [0.3, 0.4) is 0 Å². The van der Waals surface area contributed by atoms with Gasteiger partial charge in [0.05, 0.1) is 23.4 Å². The molecule has 1 heterocycles. The molecule has 2 aromatic carbocycles. The fourth-order valence-electron chi connectivity index (χ4n) is 3.22. The maximum absolute atomic E-state index is 13.0. The minimum absolute atomic E-state index is 0.257. The minimum Gasteiger partial charge on any atom is -0.496 e. The third-order valence-electron chi connectivity index (χ3n) is 4.59. The Kier molecular flexibility index (Phi) is 5.92. The van der Waals surface area contributed by atoms with Gasteiger partial charge in [0.1, 0.15) is 11.8 Å². The molecule has 7 heteroatoms. The van der Waals surface area contributed by atoms with Gasteiger partial charge in [-0.2, -0.15) is 0 Å². The molecule has 0 bridgehead atoms. The minimum atomic E-state index is -0.571. The molecule has 27 heavy (non-hydrogen) atoms. The van der Waals surface area contributed by atoms with Gasteiger partial charge in [0.25, 0.3) is 5.91 Å². The first-order valence-electron chi connectivity index (χ1n) is 8.62. The Morgan fingerprint density at radius 2 is 1.96 bits per heavy atom.